The summed E-state index contributed by atoms with van der Waals surface area (Å²) in [5, 5.41) is 20.9. The van der Waals surface area contributed by atoms with Crippen molar-refractivity contribution in [2.75, 3.05) is 10.6 Å². The summed E-state index contributed by atoms with van der Waals surface area (Å²) in [7, 11) is 0. The lowest BCUT2D eigenvalue weighted by Crippen LogP contribution is -2.14. The maximum Gasteiger partial charge on any atom is 0.416 e. The SMILES string of the molecule is O=C(Nc1cccc(Nc2ccc3c(-c4cn[nH]c4)n[nH]c3c2)c1)c1cccc(C(F)(F)F)c1. The molecule has 1 amide bonds. The number of halogens is 3. The van der Waals surface area contributed by atoms with Crippen molar-refractivity contribution in [1.29, 1.82) is 0 Å². The summed E-state index contributed by atoms with van der Waals surface area (Å²) in [5.41, 5.74) is 3.46. The van der Waals surface area contributed by atoms with E-state index in [1.165, 1.54) is 12.1 Å². The van der Waals surface area contributed by atoms with Crippen LogP contribution in [0.5, 0.6) is 0 Å². The third kappa shape index (κ3) is 4.33. The van der Waals surface area contributed by atoms with Gasteiger partial charge in [0.15, 0.2) is 0 Å². The molecule has 0 unspecified atom stereocenters. The number of carbonyl (C=O) groups is 1. The molecule has 0 aliphatic rings. The van der Waals surface area contributed by atoms with E-state index >= 15 is 0 Å². The highest BCUT2D eigenvalue weighted by Crippen LogP contribution is 2.31. The van der Waals surface area contributed by atoms with Crippen LogP contribution in [0, 0.1) is 0 Å². The number of fused-ring (bicyclic) bond motifs is 1. The van der Waals surface area contributed by atoms with Crippen molar-refractivity contribution in [2.45, 2.75) is 6.18 Å². The summed E-state index contributed by atoms with van der Waals surface area (Å²) in [6.07, 6.45) is -1.06. The molecule has 0 aliphatic carbocycles. The number of amides is 1. The van der Waals surface area contributed by atoms with Crippen LogP contribution in [0.3, 0.4) is 0 Å². The minimum absolute atomic E-state index is 0.0775. The van der Waals surface area contributed by atoms with Crippen molar-refractivity contribution >= 4 is 33.9 Å². The molecule has 4 N–H and O–H groups in total. The van der Waals surface area contributed by atoms with Gasteiger partial charge in [0.2, 0.25) is 0 Å². The quantitative estimate of drug-likeness (QED) is 0.259. The van der Waals surface area contributed by atoms with Gasteiger partial charge >= 0.3 is 6.18 Å². The van der Waals surface area contributed by atoms with Crippen molar-refractivity contribution < 1.29 is 18.0 Å². The Morgan fingerprint density at radius 3 is 2.50 bits per heavy atom. The number of benzene rings is 3. The van der Waals surface area contributed by atoms with Gasteiger partial charge in [0.05, 0.1) is 17.3 Å². The van der Waals surface area contributed by atoms with Crippen molar-refractivity contribution in [3.8, 4) is 11.3 Å². The molecule has 0 radical (unpaired) electrons. The van der Waals surface area contributed by atoms with Crippen LogP contribution in [0.4, 0.5) is 30.2 Å². The first-order valence-electron chi connectivity index (χ1n) is 10.2. The molecule has 2 aromatic heterocycles. The van der Waals surface area contributed by atoms with Gasteiger partial charge in [-0.3, -0.25) is 15.0 Å². The van der Waals surface area contributed by atoms with Crippen LogP contribution in [0.25, 0.3) is 22.2 Å². The molecule has 5 aromatic rings. The molecule has 34 heavy (non-hydrogen) atoms. The molecule has 0 saturated carbocycles. The second-order valence-electron chi connectivity index (χ2n) is 7.56. The Balaban J connectivity index is 1.33. The molecule has 0 spiro atoms. The van der Waals surface area contributed by atoms with Gasteiger partial charge in [0.1, 0.15) is 5.69 Å². The molecule has 0 saturated heterocycles. The van der Waals surface area contributed by atoms with Crippen LogP contribution in [0.2, 0.25) is 0 Å². The predicted octanol–water partition coefficient (Wildman–Crippen LogP) is 5.97. The van der Waals surface area contributed by atoms with E-state index in [1.807, 2.05) is 24.3 Å². The van der Waals surface area contributed by atoms with Gasteiger partial charge in [-0.25, -0.2) is 0 Å². The summed E-state index contributed by atoms with van der Waals surface area (Å²) in [6.45, 7) is 0. The van der Waals surface area contributed by atoms with Crippen molar-refractivity contribution in [3.05, 3.63) is 90.3 Å². The zero-order chi connectivity index (χ0) is 23.7. The van der Waals surface area contributed by atoms with E-state index in [1.54, 1.807) is 30.6 Å². The summed E-state index contributed by atoms with van der Waals surface area (Å²) >= 11 is 0. The minimum atomic E-state index is -4.52. The van der Waals surface area contributed by atoms with E-state index in [-0.39, 0.29) is 5.56 Å². The second-order valence-corrected chi connectivity index (χ2v) is 7.56. The highest BCUT2D eigenvalue weighted by molar-refractivity contribution is 6.04. The van der Waals surface area contributed by atoms with E-state index in [0.29, 0.717) is 11.4 Å². The molecule has 7 nitrogen and oxygen atoms in total. The number of nitrogens with zero attached hydrogens (tertiary/aromatic N) is 2. The Kier molecular flexibility index (Phi) is 5.25. The molecular weight excluding hydrogens is 445 g/mol. The van der Waals surface area contributed by atoms with Crippen LogP contribution in [0.15, 0.2) is 79.1 Å². The first-order valence-corrected chi connectivity index (χ1v) is 10.2. The molecule has 3 aromatic carbocycles. The number of aromatic amines is 2. The Bertz CT molecular complexity index is 1470. The number of hydrogen-bond acceptors (Lipinski definition) is 4. The van der Waals surface area contributed by atoms with Gasteiger partial charge in [-0.05, 0) is 54.6 Å². The molecule has 0 aliphatic heterocycles. The number of rotatable bonds is 5. The van der Waals surface area contributed by atoms with E-state index in [2.05, 4.69) is 31.0 Å². The number of H-pyrrole nitrogens is 2. The minimum Gasteiger partial charge on any atom is -0.355 e. The molecule has 0 atom stereocenters. The molecule has 170 valence electrons. The van der Waals surface area contributed by atoms with Crippen LogP contribution >= 0.6 is 0 Å². The number of anilines is 3. The lowest BCUT2D eigenvalue weighted by atomic mass is 10.1. The molecular formula is C24H17F3N6O. The fourth-order valence-electron chi connectivity index (χ4n) is 3.58. The molecule has 5 rings (SSSR count). The summed E-state index contributed by atoms with van der Waals surface area (Å²) in [6, 6.07) is 16.9. The van der Waals surface area contributed by atoms with Gasteiger partial charge < -0.3 is 10.6 Å². The molecule has 10 heteroatoms. The van der Waals surface area contributed by atoms with E-state index in [4.69, 9.17) is 0 Å². The van der Waals surface area contributed by atoms with Gasteiger partial charge in [-0.1, -0.05) is 12.1 Å². The largest absolute Gasteiger partial charge is 0.416 e. The summed E-state index contributed by atoms with van der Waals surface area (Å²) < 4.78 is 38.8. The van der Waals surface area contributed by atoms with E-state index < -0.39 is 17.6 Å². The summed E-state index contributed by atoms with van der Waals surface area (Å²) in [5.74, 6) is -0.631. The van der Waals surface area contributed by atoms with Gasteiger partial charge in [-0.2, -0.15) is 23.4 Å². The van der Waals surface area contributed by atoms with Gasteiger partial charge in [0, 0.05) is 39.8 Å². The standard InChI is InChI=1S/C24H17F3N6O/c25-24(26,27)16-4-1-3-14(9-16)23(34)31-18-6-2-5-17(10-18)30-19-7-8-20-21(11-19)32-33-22(20)15-12-28-29-13-15/h1-13,30H,(H,28,29)(H,31,34)(H,32,33). The van der Waals surface area contributed by atoms with Crippen molar-refractivity contribution in [1.82, 2.24) is 20.4 Å². The van der Waals surface area contributed by atoms with Crippen LogP contribution in [0.1, 0.15) is 15.9 Å². The Labute approximate surface area is 191 Å². The Morgan fingerprint density at radius 2 is 1.71 bits per heavy atom. The predicted molar refractivity (Wildman–Crippen MR) is 123 cm³/mol. The van der Waals surface area contributed by atoms with Gasteiger partial charge in [0.25, 0.3) is 5.91 Å². The lowest BCUT2D eigenvalue weighted by Gasteiger charge is -2.11. The zero-order valence-corrected chi connectivity index (χ0v) is 17.4. The van der Waals surface area contributed by atoms with Crippen molar-refractivity contribution in [3.63, 3.8) is 0 Å². The van der Waals surface area contributed by atoms with Gasteiger partial charge in [-0.15, -0.1) is 0 Å². The fourth-order valence-corrected chi connectivity index (χ4v) is 3.58. The number of aromatic nitrogens is 4. The number of carbonyl (C=O) groups excluding carboxylic acids is 1. The van der Waals surface area contributed by atoms with Crippen LogP contribution in [-0.2, 0) is 6.18 Å². The topological polar surface area (TPSA) is 98.5 Å². The smallest absolute Gasteiger partial charge is 0.355 e. The monoisotopic (exact) mass is 462 g/mol. The number of alkyl halides is 3. The third-order valence-electron chi connectivity index (χ3n) is 5.20. The summed E-state index contributed by atoms with van der Waals surface area (Å²) in [4.78, 5) is 12.5. The first-order chi connectivity index (χ1) is 16.4. The fraction of sp³-hybridized carbons (Fsp3) is 0.0417. The van der Waals surface area contributed by atoms with E-state index in [0.717, 1.165) is 40.0 Å². The maximum atomic E-state index is 12.9. The number of hydrogen-bond donors (Lipinski definition) is 4. The van der Waals surface area contributed by atoms with Crippen molar-refractivity contribution in [2.24, 2.45) is 0 Å². The molecule has 0 fully saturated rings. The normalized spacial score (nSPS) is 11.5. The highest BCUT2D eigenvalue weighted by atomic mass is 19.4. The zero-order valence-electron chi connectivity index (χ0n) is 17.4. The van der Waals surface area contributed by atoms with Crippen LogP contribution < -0.4 is 10.6 Å². The number of nitrogens with one attached hydrogen (secondary N) is 4. The first kappa shape index (κ1) is 21.3. The Hall–Kier alpha value is -4.60. The molecule has 2 heterocycles. The van der Waals surface area contributed by atoms with E-state index in [9.17, 15) is 18.0 Å². The average molecular weight is 462 g/mol. The lowest BCUT2D eigenvalue weighted by molar-refractivity contribution is -0.137. The third-order valence-corrected chi connectivity index (χ3v) is 5.20. The maximum absolute atomic E-state index is 12.9. The highest BCUT2D eigenvalue weighted by Gasteiger charge is 2.30. The second kappa shape index (κ2) is 8.39. The Morgan fingerprint density at radius 1 is 0.912 bits per heavy atom. The average Bonchev–Trinajstić information content (AvgIpc) is 3.48. The molecule has 0 bridgehead atoms. The van der Waals surface area contributed by atoms with Crippen LogP contribution in [-0.4, -0.2) is 26.3 Å².